The fourth-order valence-electron chi connectivity index (χ4n) is 13.8. The Morgan fingerprint density at radius 1 is 0.180 bits per heavy atom. The van der Waals surface area contributed by atoms with Gasteiger partial charge >= 0.3 is 0 Å². The first-order valence-corrected chi connectivity index (χ1v) is 32.4. The molecule has 10 nitrogen and oxygen atoms in total. The van der Waals surface area contributed by atoms with Gasteiger partial charge in [-0.15, -0.1) is 0 Å². The highest BCUT2D eigenvalue weighted by Gasteiger charge is 2.22. The molecule has 468 valence electrons. The van der Waals surface area contributed by atoms with E-state index < -0.39 is 78.6 Å². The summed E-state index contributed by atoms with van der Waals surface area (Å²) in [5.74, 6) is 0.0224. The van der Waals surface area contributed by atoms with E-state index in [0.717, 1.165) is 105 Å². The maximum atomic E-state index is 8.65. The molecule has 6 heterocycles. The molecular weight excluding hydrogens is 1220 g/mol. The van der Waals surface area contributed by atoms with E-state index >= 15 is 0 Å². The zero-order valence-electron chi connectivity index (χ0n) is 67.8. The molecule has 0 saturated heterocycles. The summed E-state index contributed by atoms with van der Waals surface area (Å²) in [4.78, 5) is 27.7. The van der Waals surface area contributed by atoms with Crippen LogP contribution in [-0.2, 0) is 0 Å². The number of fused-ring (bicyclic) bond motifs is 12. The molecule has 0 amide bonds. The summed E-state index contributed by atoms with van der Waals surface area (Å²) in [7, 11) is 0. The predicted octanol–water partition coefficient (Wildman–Crippen LogP) is 22.1. The SMILES string of the molecule is [2H]c1c([2H])c([2H])c(-c2nc(-c3ccc(-n4c5ccccc5c5cc6c(cc54)c4ccccc4n6-c4ccccc4)cc3)nc(-c3c([2H])c([2H])c([2H])c([2H])c3[2H])n2)c([2H])c1[2H].[2H]c1c([2H])c([2H])c(-c2nc(-c3ccccc3)nc(-c3ccc(-n4c5ccccc5c5cc6c(cc54)c4ccccc4n6-c4ccccc4)cc3)n2)c([2H])c1[2H]. The summed E-state index contributed by atoms with van der Waals surface area (Å²) in [6.45, 7) is 0. The van der Waals surface area contributed by atoms with Gasteiger partial charge in [0.05, 0.1) is 64.7 Å². The number of hydrogen-bond donors (Lipinski definition) is 0. The van der Waals surface area contributed by atoms with Crippen LogP contribution in [0.3, 0.4) is 0 Å². The molecular formula is C90H58N10. The average molecular weight is 1290 g/mol. The van der Waals surface area contributed by atoms with E-state index in [0.29, 0.717) is 28.3 Å². The lowest BCUT2D eigenvalue weighted by atomic mass is 10.1. The molecule has 0 atom stereocenters. The monoisotopic (exact) mass is 1290 g/mol. The minimum Gasteiger partial charge on any atom is -0.309 e. The van der Waals surface area contributed by atoms with Crippen molar-refractivity contribution < 1.29 is 20.6 Å². The van der Waals surface area contributed by atoms with Crippen LogP contribution in [0, 0.1) is 0 Å². The maximum Gasteiger partial charge on any atom is 0.164 e. The highest BCUT2D eigenvalue weighted by Crippen LogP contribution is 2.43. The minimum atomic E-state index is -0.602. The van der Waals surface area contributed by atoms with Crippen molar-refractivity contribution in [2.24, 2.45) is 0 Å². The summed E-state index contributed by atoms with van der Waals surface area (Å²) >= 11 is 0. The quantitative estimate of drug-likeness (QED) is 0.135. The fourth-order valence-corrected chi connectivity index (χ4v) is 13.8. The second-order valence-corrected chi connectivity index (χ2v) is 23.9. The number of aromatic nitrogens is 10. The van der Waals surface area contributed by atoms with Crippen molar-refractivity contribution in [3.8, 4) is 91.1 Å². The third kappa shape index (κ3) is 9.96. The molecule has 0 unspecified atom stereocenters. The molecule has 100 heavy (non-hydrogen) atoms. The van der Waals surface area contributed by atoms with Crippen LogP contribution in [0.1, 0.15) is 20.6 Å². The molecule has 0 spiro atoms. The van der Waals surface area contributed by atoms with Crippen LogP contribution >= 0.6 is 0 Å². The van der Waals surface area contributed by atoms with Gasteiger partial charge in [-0.3, -0.25) is 0 Å². The average Bonchev–Trinajstić information content (AvgIpc) is 1.52. The van der Waals surface area contributed by atoms with Crippen molar-refractivity contribution in [2.45, 2.75) is 0 Å². The number of nitrogens with zero attached hydrogens (tertiary/aromatic N) is 10. The molecule has 14 aromatic carbocycles. The molecule has 0 radical (unpaired) electrons. The number of para-hydroxylation sites is 6. The largest absolute Gasteiger partial charge is 0.309 e. The third-order valence-corrected chi connectivity index (χ3v) is 18.2. The van der Waals surface area contributed by atoms with E-state index in [1.165, 1.54) is 5.39 Å². The first kappa shape index (κ1) is 44.1. The Morgan fingerprint density at radius 2 is 0.400 bits per heavy atom. The number of benzene rings is 14. The third-order valence-electron chi connectivity index (χ3n) is 18.2. The molecule has 10 heteroatoms. The lowest BCUT2D eigenvalue weighted by molar-refractivity contribution is 1.07. The van der Waals surface area contributed by atoms with Crippen LogP contribution < -0.4 is 0 Å². The first-order chi connectivity index (χ1) is 55.8. The van der Waals surface area contributed by atoms with Gasteiger partial charge in [0.15, 0.2) is 34.9 Å². The molecule has 0 fully saturated rings. The summed E-state index contributed by atoms with van der Waals surface area (Å²) in [5.41, 5.74) is 13.6. The van der Waals surface area contributed by atoms with Crippen LogP contribution in [0.2, 0.25) is 0 Å². The maximum absolute atomic E-state index is 8.65. The summed E-state index contributed by atoms with van der Waals surface area (Å²) in [5, 5.41) is 8.94. The molecule has 0 bridgehead atoms. The fraction of sp³-hybridized carbons (Fsp3) is 0. The second kappa shape index (κ2) is 24.2. The Labute approximate surface area is 596 Å². The molecule has 20 aromatic rings. The number of rotatable bonds is 10. The predicted molar refractivity (Wildman–Crippen MR) is 410 cm³/mol. The molecule has 0 aliphatic heterocycles. The van der Waals surface area contributed by atoms with Gasteiger partial charge in [-0.1, -0.05) is 230 Å². The van der Waals surface area contributed by atoms with Crippen LogP contribution in [0.5, 0.6) is 0 Å². The number of hydrogen-bond acceptors (Lipinski definition) is 6. The molecule has 0 saturated carbocycles. The van der Waals surface area contributed by atoms with Gasteiger partial charge in [-0.25, -0.2) is 29.9 Å². The zero-order valence-corrected chi connectivity index (χ0v) is 52.8. The minimum absolute atomic E-state index is 0.00201. The molecule has 0 N–H and O–H groups in total. The van der Waals surface area contributed by atoms with E-state index in [9.17, 15) is 0 Å². The van der Waals surface area contributed by atoms with Gasteiger partial charge in [-0.2, -0.15) is 0 Å². The molecule has 0 aliphatic carbocycles. The van der Waals surface area contributed by atoms with E-state index in [4.69, 9.17) is 30.5 Å². The van der Waals surface area contributed by atoms with E-state index in [1.54, 1.807) is 12.1 Å². The van der Waals surface area contributed by atoms with Crippen molar-refractivity contribution in [3.05, 3.63) is 351 Å². The highest BCUT2D eigenvalue weighted by molar-refractivity contribution is 6.20. The molecule has 20 rings (SSSR count). The van der Waals surface area contributed by atoms with Gasteiger partial charge in [0, 0.05) is 99.2 Å². The van der Waals surface area contributed by atoms with Crippen LogP contribution in [-0.4, -0.2) is 48.2 Å². The van der Waals surface area contributed by atoms with Crippen molar-refractivity contribution in [2.75, 3.05) is 0 Å². The van der Waals surface area contributed by atoms with E-state index in [2.05, 4.69) is 172 Å². The lowest BCUT2D eigenvalue weighted by Crippen LogP contribution is -2.00. The van der Waals surface area contributed by atoms with Gasteiger partial charge in [0.1, 0.15) is 0 Å². The highest BCUT2D eigenvalue weighted by atomic mass is 15.1. The van der Waals surface area contributed by atoms with Crippen molar-refractivity contribution >= 4 is 87.2 Å². The van der Waals surface area contributed by atoms with E-state index in [1.807, 2.05) is 115 Å². The van der Waals surface area contributed by atoms with Crippen molar-refractivity contribution in [1.29, 1.82) is 0 Å². The Balaban J connectivity index is 0.000000154. The van der Waals surface area contributed by atoms with Gasteiger partial charge in [0.2, 0.25) is 0 Å². The second-order valence-electron chi connectivity index (χ2n) is 23.9. The Hall–Kier alpha value is -13.7. The van der Waals surface area contributed by atoms with Crippen LogP contribution in [0.25, 0.3) is 178 Å². The van der Waals surface area contributed by atoms with Gasteiger partial charge in [0.25, 0.3) is 0 Å². The lowest BCUT2D eigenvalue weighted by Gasteiger charge is -2.11. The van der Waals surface area contributed by atoms with Crippen LogP contribution in [0.15, 0.2) is 351 Å². The first-order valence-electron chi connectivity index (χ1n) is 39.9. The Bertz CT molecular complexity index is 7290. The normalized spacial score (nSPS) is 13.7. The topological polar surface area (TPSA) is 97.1 Å². The standard InChI is InChI=1S/2C45H29N5/c2*1-4-14-30(15-5-1)43-46-44(31-16-6-2-7-17-31)48-45(47-43)32-24-26-34(27-25-32)50-40-23-13-11-21-36(40)38-28-41-37(29-42(38)50)35-20-10-12-22-39(35)49(41)33-18-8-3-9-19-33/h2*1-29H/i1D,2D,4D,5D,6D,7D,14D,15D,16D,17D;1D,4D,5D,14D,15D. The Kier molecular flexibility index (Phi) is 10.7. The molecule has 0 aliphatic rings. The molecule has 6 aromatic heterocycles. The smallest absolute Gasteiger partial charge is 0.164 e. The van der Waals surface area contributed by atoms with Crippen molar-refractivity contribution in [1.82, 2.24) is 48.2 Å². The van der Waals surface area contributed by atoms with E-state index in [-0.39, 0.29) is 52.1 Å². The summed E-state index contributed by atoms with van der Waals surface area (Å²) < 4.78 is 135. The summed E-state index contributed by atoms with van der Waals surface area (Å²) in [6.07, 6.45) is 0. The van der Waals surface area contributed by atoms with Crippen LogP contribution in [0.4, 0.5) is 0 Å². The Morgan fingerprint density at radius 3 is 0.680 bits per heavy atom. The van der Waals surface area contributed by atoms with Gasteiger partial charge in [-0.05, 0) is 121 Å². The summed E-state index contributed by atoms with van der Waals surface area (Å²) in [6, 6.07) is 80.1. The van der Waals surface area contributed by atoms with Crippen molar-refractivity contribution in [3.63, 3.8) is 0 Å². The zero-order chi connectivity index (χ0) is 79.1. The van der Waals surface area contributed by atoms with Gasteiger partial charge < -0.3 is 18.3 Å².